The van der Waals surface area contributed by atoms with Crippen molar-refractivity contribution in [2.75, 3.05) is 27.4 Å². The second-order valence-electron chi connectivity index (χ2n) is 4.75. The number of thioether (sulfide) groups is 1. The molecule has 1 aromatic carbocycles. The molecule has 7 nitrogen and oxygen atoms in total. The van der Waals surface area contributed by atoms with Crippen molar-refractivity contribution >= 4 is 35.0 Å². The predicted molar refractivity (Wildman–Crippen MR) is 92.0 cm³/mol. The molecule has 0 aliphatic carbocycles. The summed E-state index contributed by atoms with van der Waals surface area (Å²) in [5.74, 6) is 2.05. The monoisotopic (exact) mass is 361 g/mol. The molecular weight excluding hydrogens is 346 g/mol. The summed E-state index contributed by atoms with van der Waals surface area (Å²) < 4.78 is 15.1. The molecule has 0 bridgehead atoms. The van der Waals surface area contributed by atoms with Crippen LogP contribution in [0.25, 0.3) is 6.08 Å². The molecule has 1 saturated heterocycles. The second kappa shape index (κ2) is 8.26. The third kappa shape index (κ3) is 4.33. The van der Waals surface area contributed by atoms with Gasteiger partial charge < -0.3 is 14.2 Å². The van der Waals surface area contributed by atoms with E-state index in [1.54, 1.807) is 18.2 Å². The van der Waals surface area contributed by atoms with E-state index in [-0.39, 0.29) is 11.5 Å². The van der Waals surface area contributed by atoms with E-state index in [1.807, 2.05) is 0 Å². The fourth-order valence-electron chi connectivity index (χ4n) is 1.99. The summed E-state index contributed by atoms with van der Waals surface area (Å²) in [6, 6.07) is 5.00. The summed E-state index contributed by atoms with van der Waals surface area (Å²) in [6.45, 7) is -0.317. The van der Waals surface area contributed by atoms with Crippen molar-refractivity contribution in [3.63, 3.8) is 0 Å². The van der Waals surface area contributed by atoms with Crippen LogP contribution in [0, 0.1) is 12.3 Å². The molecule has 0 saturated carbocycles. The molecule has 25 heavy (non-hydrogen) atoms. The first-order valence-electron chi connectivity index (χ1n) is 7.06. The molecule has 2 rings (SSSR count). The van der Waals surface area contributed by atoms with Gasteiger partial charge in [0.05, 0.1) is 19.1 Å². The highest BCUT2D eigenvalue weighted by Crippen LogP contribution is 2.34. The van der Waals surface area contributed by atoms with Crippen LogP contribution >= 0.6 is 11.8 Å². The number of hydrogen-bond acceptors (Lipinski definition) is 7. The summed E-state index contributed by atoms with van der Waals surface area (Å²) in [5.41, 5.74) is 0.633. The van der Waals surface area contributed by atoms with Crippen LogP contribution in [0.3, 0.4) is 0 Å². The number of esters is 1. The Labute approximate surface area is 148 Å². The quantitative estimate of drug-likeness (QED) is 0.435. The second-order valence-corrected chi connectivity index (χ2v) is 5.74. The summed E-state index contributed by atoms with van der Waals surface area (Å²) >= 11 is 0.753. The number of hydrogen-bond donors (Lipinski definition) is 0. The Bertz CT molecular complexity index is 780. The van der Waals surface area contributed by atoms with Crippen molar-refractivity contribution in [3.8, 4) is 23.8 Å². The van der Waals surface area contributed by atoms with Gasteiger partial charge in [0.1, 0.15) is 13.2 Å². The molecule has 0 spiro atoms. The maximum Gasteiger partial charge on any atom is 0.325 e. The topological polar surface area (TPSA) is 82.1 Å². The summed E-state index contributed by atoms with van der Waals surface area (Å²) in [7, 11) is 2.67. The lowest BCUT2D eigenvalue weighted by molar-refractivity contribution is -0.143. The molecule has 0 N–H and O–H groups in total. The molecule has 2 amide bonds. The van der Waals surface area contributed by atoms with E-state index < -0.39 is 23.7 Å². The number of methoxy groups -OCH3 is 2. The van der Waals surface area contributed by atoms with Gasteiger partial charge in [-0.1, -0.05) is 12.0 Å². The number of amides is 2. The number of benzene rings is 1. The fraction of sp³-hybridized carbons (Fsp3) is 0.235. The summed E-state index contributed by atoms with van der Waals surface area (Å²) in [6.07, 6.45) is 6.69. The molecule has 1 heterocycles. The standard InChI is InChI=1S/C17H15NO6S/c1-4-7-24-12-6-5-11(8-13(12)22-2)9-14-16(20)18(17(21)25-14)10-15(19)23-3/h1,5-6,8-9H,7,10H2,2-3H3. The molecule has 0 radical (unpaired) electrons. The van der Waals surface area contributed by atoms with E-state index in [0.29, 0.717) is 17.1 Å². The molecule has 1 aliphatic heterocycles. The van der Waals surface area contributed by atoms with Crippen LogP contribution in [0.5, 0.6) is 11.5 Å². The van der Waals surface area contributed by atoms with Gasteiger partial charge in [0.15, 0.2) is 11.5 Å². The first kappa shape index (κ1) is 18.4. The Balaban J connectivity index is 2.23. The van der Waals surface area contributed by atoms with E-state index in [1.165, 1.54) is 20.3 Å². The van der Waals surface area contributed by atoms with Crippen molar-refractivity contribution < 1.29 is 28.6 Å². The number of ether oxygens (including phenoxy) is 3. The highest BCUT2D eigenvalue weighted by Gasteiger charge is 2.36. The summed E-state index contributed by atoms with van der Waals surface area (Å²) in [4.78, 5) is 36.5. The molecular formula is C17H15NO6S. The third-order valence-electron chi connectivity index (χ3n) is 3.18. The minimum absolute atomic E-state index is 0.0993. The minimum atomic E-state index is -0.666. The largest absolute Gasteiger partial charge is 0.493 e. The molecule has 0 aromatic heterocycles. The lowest BCUT2D eigenvalue weighted by atomic mass is 10.2. The van der Waals surface area contributed by atoms with Crippen molar-refractivity contribution in [3.05, 3.63) is 28.7 Å². The number of carbonyl (C=O) groups is 3. The van der Waals surface area contributed by atoms with Crippen LogP contribution in [0.15, 0.2) is 23.1 Å². The average molecular weight is 361 g/mol. The van der Waals surface area contributed by atoms with Gasteiger partial charge in [-0.2, -0.15) is 0 Å². The zero-order chi connectivity index (χ0) is 18.4. The molecule has 0 unspecified atom stereocenters. The van der Waals surface area contributed by atoms with Crippen LogP contribution in [0.4, 0.5) is 4.79 Å². The number of carbonyl (C=O) groups excluding carboxylic acids is 3. The normalized spacial score (nSPS) is 15.2. The Morgan fingerprint density at radius 2 is 2.08 bits per heavy atom. The maximum absolute atomic E-state index is 12.3. The van der Waals surface area contributed by atoms with Crippen molar-refractivity contribution in [1.29, 1.82) is 0 Å². The van der Waals surface area contributed by atoms with E-state index in [2.05, 4.69) is 10.7 Å². The van der Waals surface area contributed by atoms with Crippen molar-refractivity contribution in [1.82, 2.24) is 4.90 Å². The van der Waals surface area contributed by atoms with E-state index in [9.17, 15) is 14.4 Å². The number of rotatable bonds is 6. The van der Waals surface area contributed by atoms with Crippen LogP contribution < -0.4 is 9.47 Å². The molecule has 8 heteroatoms. The van der Waals surface area contributed by atoms with Gasteiger partial charge >= 0.3 is 5.97 Å². The molecule has 130 valence electrons. The lowest BCUT2D eigenvalue weighted by Crippen LogP contribution is -2.34. The van der Waals surface area contributed by atoms with Crippen LogP contribution in [-0.4, -0.2) is 49.4 Å². The van der Waals surface area contributed by atoms with Gasteiger partial charge in [-0.25, -0.2) is 0 Å². The van der Waals surface area contributed by atoms with Crippen molar-refractivity contribution in [2.45, 2.75) is 0 Å². The van der Waals surface area contributed by atoms with Gasteiger partial charge in [0.2, 0.25) is 0 Å². The highest BCUT2D eigenvalue weighted by molar-refractivity contribution is 8.18. The molecule has 1 aliphatic rings. The zero-order valence-electron chi connectivity index (χ0n) is 13.6. The Hall–Kier alpha value is -2.92. The minimum Gasteiger partial charge on any atom is -0.493 e. The summed E-state index contributed by atoms with van der Waals surface area (Å²) in [5, 5.41) is -0.525. The SMILES string of the molecule is C#CCOc1ccc(C=C2SC(=O)N(CC(=O)OC)C2=O)cc1OC. The number of nitrogens with zero attached hydrogens (tertiary/aromatic N) is 1. The van der Waals surface area contributed by atoms with Crippen LogP contribution in [-0.2, 0) is 14.3 Å². The van der Waals surface area contributed by atoms with Gasteiger partial charge in [-0.3, -0.25) is 19.3 Å². The predicted octanol–water partition coefficient (Wildman–Crippen LogP) is 1.92. The van der Waals surface area contributed by atoms with Gasteiger partial charge in [0, 0.05) is 0 Å². The van der Waals surface area contributed by atoms with Crippen LogP contribution in [0.1, 0.15) is 5.56 Å². The first-order chi connectivity index (χ1) is 12.0. The van der Waals surface area contributed by atoms with Crippen molar-refractivity contribution in [2.24, 2.45) is 0 Å². The smallest absolute Gasteiger partial charge is 0.325 e. The van der Waals surface area contributed by atoms with E-state index >= 15 is 0 Å². The van der Waals surface area contributed by atoms with Gasteiger partial charge in [0.25, 0.3) is 11.1 Å². The van der Waals surface area contributed by atoms with Crippen LogP contribution in [0.2, 0.25) is 0 Å². The maximum atomic E-state index is 12.3. The molecule has 0 atom stereocenters. The zero-order valence-corrected chi connectivity index (χ0v) is 14.4. The lowest BCUT2D eigenvalue weighted by Gasteiger charge is -2.10. The molecule has 1 aromatic rings. The van der Waals surface area contributed by atoms with E-state index in [4.69, 9.17) is 15.9 Å². The number of terminal acetylenes is 1. The average Bonchev–Trinajstić information content (AvgIpc) is 2.87. The Kier molecular flexibility index (Phi) is 6.08. The highest BCUT2D eigenvalue weighted by atomic mass is 32.2. The Morgan fingerprint density at radius 1 is 1.32 bits per heavy atom. The third-order valence-corrected chi connectivity index (χ3v) is 4.09. The Morgan fingerprint density at radius 3 is 2.72 bits per heavy atom. The van der Waals surface area contributed by atoms with Gasteiger partial charge in [-0.15, -0.1) is 6.42 Å². The fourth-order valence-corrected chi connectivity index (χ4v) is 2.83. The number of imide groups is 1. The van der Waals surface area contributed by atoms with Gasteiger partial charge in [-0.05, 0) is 35.5 Å². The first-order valence-corrected chi connectivity index (χ1v) is 7.88. The molecule has 1 fully saturated rings. The van der Waals surface area contributed by atoms with E-state index in [0.717, 1.165) is 16.7 Å².